The maximum Gasteiger partial charge on any atom is 0.417 e. The lowest BCUT2D eigenvalue weighted by molar-refractivity contribution is -0.138. The van der Waals surface area contributed by atoms with Crippen LogP contribution in [0.1, 0.15) is 32.3 Å². The zero-order chi connectivity index (χ0) is 17.9. The normalized spacial score (nSPS) is 24.6. The number of halogens is 3. The molecule has 1 aromatic rings. The molecule has 1 saturated heterocycles. The van der Waals surface area contributed by atoms with Crippen LogP contribution in [0.5, 0.6) is 0 Å². The fraction of sp³-hybridized carbons (Fsp3) is 0.647. The highest BCUT2D eigenvalue weighted by atomic mass is 19.4. The van der Waals surface area contributed by atoms with Crippen molar-refractivity contribution in [2.45, 2.75) is 51.0 Å². The maximum atomic E-state index is 13.1. The average Bonchev–Trinajstić information content (AvgIpc) is 3.38. The van der Waals surface area contributed by atoms with E-state index < -0.39 is 11.7 Å². The van der Waals surface area contributed by atoms with Crippen molar-refractivity contribution in [3.8, 4) is 0 Å². The monoisotopic (exact) mass is 354 g/mol. The first-order valence-electron chi connectivity index (χ1n) is 8.68. The molecule has 0 spiro atoms. The van der Waals surface area contributed by atoms with Crippen molar-refractivity contribution in [2.75, 3.05) is 29.4 Å². The summed E-state index contributed by atoms with van der Waals surface area (Å²) >= 11 is 0. The third-order valence-electron chi connectivity index (χ3n) is 5.28. The van der Waals surface area contributed by atoms with E-state index in [4.69, 9.17) is 0 Å². The van der Waals surface area contributed by atoms with Gasteiger partial charge >= 0.3 is 6.18 Å². The molecule has 0 N–H and O–H groups in total. The number of amides is 1. The van der Waals surface area contributed by atoms with Gasteiger partial charge in [0.2, 0.25) is 0 Å². The number of pyridine rings is 1. The first-order chi connectivity index (χ1) is 11.8. The van der Waals surface area contributed by atoms with Crippen molar-refractivity contribution in [3.63, 3.8) is 0 Å². The maximum absolute atomic E-state index is 13.1. The van der Waals surface area contributed by atoms with E-state index in [-0.39, 0.29) is 18.0 Å². The molecule has 3 aliphatic rings. The number of alkyl halides is 3. The Morgan fingerprint density at radius 1 is 1.24 bits per heavy atom. The zero-order valence-corrected chi connectivity index (χ0v) is 14.3. The first kappa shape index (κ1) is 16.6. The molecule has 2 aliphatic heterocycles. The molecule has 3 heterocycles. The molecule has 0 bridgehead atoms. The van der Waals surface area contributed by atoms with Crippen molar-refractivity contribution in [3.05, 3.63) is 17.8 Å². The third kappa shape index (κ3) is 2.76. The van der Waals surface area contributed by atoms with Crippen LogP contribution in [0.3, 0.4) is 0 Å². The van der Waals surface area contributed by atoms with Gasteiger partial charge in [0.05, 0.1) is 11.3 Å². The fourth-order valence-electron chi connectivity index (χ4n) is 3.73. The van der Waals surface area contributed by atoms with Crippen LogP contribution in [0.15, 0.2) is 12.3 Å². The number of nitrogens with zero attached hydrogens (tertiary/aromatic N) is 4. The second-order valence-corrected chi connectivity index (χ2v) is 7.30. The van der Waals surface area contributed by atoms with E-state index in [0.29, 0.717) is 30.6 Å². The van der Waals surface area contributed by atoms with Crippen molar-refractivity contribution < 1.29 is 18.0 Å². The van der Waals surface area contributed by atoms with Crippen molar-refractivity contribution >= 4 is 17.4 Å². The smallest absolute Gasteiger partial charge is 0.340 e. The summed E-state index contributed by atoms with van der Waals surface area (Å²) in [6.07, 6.45) is -1.91. The molecule has 1 amide bonds. The predicted octanol–water partition coefficient (Wildman–Crippen LogP) is 2.51. The van der Waals surface area contributed by atoms with E-state index in [1.54, 1.807) is 4.90 Å². The van der Waals surface area contributed by atoms with Gasteiger partial charge in [0.25, 0.3) is 5.91 Å². The van der Waals surface area contributed by atoms with Gasteiger partial charge in [-0.2, -0.15) is 13.2 Å². The molecule has 4 rings (SSSR count). The van der Waals surface area contributed by atoms with Gasteiger partial charge < -0.3 is 9.80 Å². The summed E-state index contributed by atoms with van der Waals surface area (Å²) < 4.78 is 39.3. The molecule has 1 saturated carbocycles. The highest BCUT2D eigenvalue weighted by Gasteiger charge is 2.48. The molecule has 136 valence electrons. The average molecular weight is 354 g/mol. The SMILES string of the molecule is CC(C)N1CCN2c3ncc(C(F)(F)F)cc3N(C3CC3)C(=O)C2C1. The molecule has 2 fully saturated rings. The van der Waals surface area contributed by atoms with E-state index in [1.807, 2.05) is 4.90 Å². The molecular formula is C17H21F3N4O. The summed E-state index contributed by atoms with van der Waals surface area (Å²) in [6, 6.07) is 1.05. The highest BCUT2D eigenvalue weighted by molar-refractivity contribution is 6.06. The van der Waals surface area contributed by atoms with Crippen molar-refractivity contribution in [2.24, 2.45) is 0 Å². The molecule has 0 aromatic carbocycles. The van der Waals surface area contributed by atoms with Crippen LogP contribution in [-0.2, 0) is 11.0 Å². The van der Waals surface area contributed by atoms with Crippen molar-refractivity contribution in [1.29, 1.82) is 0 Å². The summed E-state index contributed by atoms with van der Waals surface area (Å²) in [6.45, 7) is 6.13. The van der Waals surface area contributed by atoms with Crippen LogP contribution in [0.2, 0.25) is 0 Å². The van der Waals surface area contributed by atoms with Gasteiger partial charge in [0, 0.05) is 37.9 Å². The van der Waals surface area contributed by atoms with E-state index in [9.17, 15) is 18.0 Å². The Balaban J connectivity index is 1.76. The predicted molar refractivity (Wildman–Crippen MR) is 87.6 cm³/mol. The largest absolute Gasteiger partial charge is 0.417 e. The lowest BCUT2D eigenvalue weighted by Gasteiger charge is -2.48. The van der Waals surface area contributed by atoms with Gasteiger partial charge in [-0.15, -0.1) is 0 Å². The molecule has 1 aliphatic carbocycles. The zero-order valence-electron chi connectivity index (χ0n) is 14.3. The molecule has 8 heteroatoms. The van der Waals surface area contributed by atoms with Crippen LogP contribution in [0.4, 0.5) is 24.7 Å². The van der Waals surface area contributed by atoms with Crippen LogP contribution in [0, 0.1) is 0 Å². The van der Waals surface area contributed by atoms with E-state index in [0.717, 1.165) is 31.6 Å². The molecule has 5 nitrogen and oxygen atoms in total. The van der Waals surface area contributed by atoms with Gasteiger partial charge in [-0.3, -0.25) is 9.69 Å². The summed E-state index contributed by atoms with van der Waals surface area (Å²) in [4.78, 5) is 22.9. The number of rotatable bonds is 2. The molecule has 1 unspecified atom stereocenters. The topological polar surface area (TPSA) is 39.7 Å². The van der Waals surface area contributed by atoms with Gasteiger partial charge in [-0.25, -0.2) is 4.98 Å². The second-order valence-electron chi connectivity index (χ2n) is 7.30. The van der Waals surface area contributed by atoms with Gasteiger partial charge in [0.1, 0.15) is 6.04 Å². The summed E-state index contributed by atoms with van der Waals surface area (Å²) in [5, 5.41) is 0. The molecule has 1 atom stereocenters. The summed E-state index contributed by atoms with van der Waals surface area (Å²) in [7, 11) is 0. The van der Waals surface area contributed by atoms with Crippen LogP contribution < -0.4 is 9.80 Å². The lowest BCUT2D eigenvalue weighted by Crippen LogP contribution is -2.64. The Bertz CT molecular complexity index is 702. The van der Waals surface area contributed by atoms with Crippen LogP contribution in [0.25, 0.3) is 0 Å². The number of fused-ring (bicyclic) bond motifs is 3. The standard InChI is InChI=1S/C17H21F3N4O/c1-10(2)22-5-6-23-14(9-22)16(25)24(12-3-4-12)13-7-11(17(18,19)20)8-21-15(13)23/h7-8,10,12,14H,3-6,9H2,1-2H3. The minimum atomic E-state index is -4.46. The Kier molecular flexibility index (Phi) is 3.72. The van der Waals surface area contributed by atoms with Gasteiger partial charge in [-0.05, 0) is 32.8 Å². The van der Waals surface area contributed by atoms with Gasteiger partial charge in [-0.1, -0.05) is 0 Å². The minimum Gasteiger partial charge on any atom is -0.340 e. The Morgan fingerprint density at radius 2 is 1.96 bits per heavy atom. The minimum absolute atomic E-state index is 0.00751. The number of anilines is 2. The first-order valence-corrected chi connectivity index (χ1v) is 8.68. The number of carbonyl (C=O) groups excluding carboxylic acids is 1. The summed E-state index contributed by atoms with van der Waals surface area (Å²) in [5.74, 6) is 0.411. The molecule has 0 radical (unpaired) electrons. The second kappa shape index (κ2) is 5.59. The van der Waals surface area contributed by atoms with E-state index in [1.165, 1.54) is 0 Å². The Hall–Kier alpha value is -1.83. The molecule has 1 aromatic heterocycles. The Labute approximate surface area is 144 Å². The van der Waals surface area contributed by atoms with Gasteiger partial charge in [0.15, 0.2) is 5.82 Å². The Morgan fingerprint density at radius 3 is 2.56 bits per heavy atom. The quantitative estimate of drug-likeness (QED) is 0.818. The lowest BCUT2D eigenvalue weighted by atomic mass is 10.0. The highest BCUT2D eigenvalue weighted by Crippen LogP contribution is 2.44. The number of hydrogen-bond acceptors (Lipinski definition) is 4. The van der Waals surface area contributed by atoms with Crippen LogP contribution >= 0.6 is 0 Å². The number of hydrogen-bond donors (Lipinski definition) is 0. The molecule has 25 heavy (non-hydrogen) atoms. The van der Waals surface area contributed by atoms with Crippen molar-refractivity contribution in [1.82, 2.24) is 9.88 Å². The molecular weight excluding hydrogens is 333 g/mol. The summed E-state index contributed by atoms with van der Waals surface area (Å²) in [5.41, 5.74) is -0.486. The number of carbonyl (C=O) groups is 1. The van der Waals surface area contributed by atoms with E-state index in [2.05, 4.69) is 23.7 Å². The van der Waals surface area contributed by atoms with Crippen LogP contribution in [-0.4, -0.2) is 53.6 Å². The number of aromatic nitrogens is 1. The number of piperazine rings is 1. The third-order valence-corrected chi connectivity index (χ3v) is 5.28. The fourth-order valence-corrected chi connectivity index (χ4v) is 3.73. The van der Waals surface area contributed by atoms with E-state index >= 15 is 0 Å².